The van der Waals surface area contributed by atoms with Gasteiger partial charge < -0.3 is 10.3 Å². The quantitative estimate of drug-likeness (QED) is 0.885. The minimum Gasteiger partial charge on any atom is -0.339 e. The topological polar surface area (TPSA) is 64.9 Å². The van der Waals surface area contributed by atoms with Crippen molar-refractivity contribution in [3.63, 3.8) is 0 Å². The number of aromatic nitrogens is 2. The maximum atomic E-state index is 6.17. The molecule has 1 aromatic carbocycles. The van der Waals surface area contributed by atoms with E-state index in [2.05, 4.69) is 26.1 Å². The average molecular weight is 373 g/mol. The fourth-order valence-electron chi connectivity index (χ4n) is 2.80. The highest BCUT2D eigenvalue weighted by Gasteiger charge is 2.24. The van der Waals surface area contributed by atoms with Gasteiger partial charge in [-0.15, -0.1) is 12.4 Å². The molecule has 1 fully saturated rings. The van der Waals surface area contributed by atoms with Crippen molar-refractivity contribution in [1.29, 1.82) is 0 Å². The van der Waals surface area contributed by atoms with Gasteiger partial charge in [0.25, 0.3) is 0 Å². The van der Waals surface area contributed by atoms with Gasteiger partial charge in [-0.1, -0.05) is 46.1 Å². The zero-order valence-electron chi connectivity index (χ0n) is 11.7. The van der Waals surface area contributed by atoms with Crippen LogP contribution in [0, 0.1) is 5.92 Å². The Hall–Kier alpha value is -0.910. The van der Waals surface area contributed by atoms with Gasteiger partial charge in [0, 0.05) is 22.5 Å². The van der Waals surface area contributed by atoms with E-state index in [4.69, 9.17) is 10.3 Å². The molecule has 1 aliphatic carbocycles. The van der Waals surface area contributed by atoms with Crippen LogP contribution in [0.1, 0.15) is 31.6 Å². The molecule has 2 aromatic rings. The summed E-state index contributed by atoms with van der Waals surface area (Å²) in [5.41, 5.74) is 7.13. The van der Waals surface area contributed by atoms with E-state index in [1.807, 2.05) is 24.3 Å². The third kappa shape index (κ3) is 4.05. The molecular weight excluding hydrogens is 354 g/mol. The normalized spacial score (nSPS) is 21.8. The van der Waals surface area contributed by atoms with Gasteiger partial charge in [0.1, 0.15) is 0 Å². The Morgan fingerprint density at radius 1 is 1.29 bits per heavy atom. The Morgan fingerprint density at radius 3 is 2.86 bits per heavy atom. The average Bonchev–Trinajstić information content (AvgIpc) is 2.90. The van der Waals surface area contributed by atoms with E-state index >= 15 is 0 Å². The van der Waals surface area contributed by atoms with Crippen LogP contribution >= 0.6 is 28.3 Å². The lowest BCUT2D eigenvalue weighted by Gasteiger charge is -2.27. The molecule has 2 N–H and O–H groups in total. The van der Waals surface area contributed by atoms with Gasteiger partial charge in [-0.2, -0.15) is 4.98 Å². The lowest BCUT2D eigenvalue weighted by atomic mass is 9.83. The summed E-state index contributed by atoms with van der Waals surface area (Å²) in [4.78, 5) is 4.50. The molecule has 1 heterocycles. The van der Waals surface area contributed by atoms with Gasteiger partial charge in [0.05, 0.1) is 0 Å². The molecule has 0 saturated heterocycles. The third-order valence-corrected chi connectivity index (χ3v) is 4.45. The largest absolute Gasteiger partial charge is 0.339 e. The monoisotopic (exact) mass is 371 g/mol. The summed E-state index contributed by atoms with van der Waals surface area (Å²) in [5, 5.41) is 4.07. The SMILES string of the molecule is Cl.NC1CCCCC1Cc1nc(-c2cccc(Br)c2)no1. The van der Waals surface area contributed by atoms with Crippen LogP contribution in [0.3, 0.4) is 0 Å². The van der Waals surface area contributed by atoms with Gasteiger partial charge in [-0.05, 0) is 30.9 Å². The molecule has 4 nitrogen and oxygen atoms in total. The van der Waals surface area contributed by atoms with Crippen molar-refractivity contribution >= 4 is 28.3 Å². The summed E-state index contributed by atoms with van der Waals surface area (Å²) in [5.74, 6) is 1.81. The molecule has 0 spiro atoms. The minimum absolute atomic E-state index is 0. The molecule has 114 valence electrons. The van der Waals surface area contributed by atoms with Gasteiger partial charge in [0.15, 0.2) is 0 Å². The Balaban J connectivity index is 0.00000161. The number of halogens is 2. The van der Waals surface area contributed by atoms with Gasteiger partial charge in [-0.3, -0.25) is 0 Å². The Morgan fingerprint density at radius 2 is 2.10 bits per heavy atom. The Bertz CT molecular complexity index is 590. The fraction of sp³-hybridized carbons (Fsp3) is 0.467. The summed E-state index contributed by atoms with van der Waals surface area (Å²) < 4.78 is 6.39. The van der Waals surface area contributed by atoms with Crippen LogP contribution in [0.15, 0.2) is 33.3 Å². The predicted molar refractivity (Wildman–Crippen MR) is 88.3 cm³/mol. The molecule has 2 atom stereocenters. The second-order valence-corrected chi connectivity index (χ2v) is 6.35. The summed E-state index contributed by atoms with van der Waals surface area (Å²) in [6.45, 7) is 0. The number of benzene rings is 1. The number of rotatable bonds is 3. The van der Waals surface area contributed by atoms with Crippen molar-refractivity contribution in [2.24, 2.45) is 11.7 Å². The minimum atomic E-state index is 0. The molecule has 6 heteroatoms. The summed E-state index contributed by atoms with van der Waals surface area (Å²) in [7, 11) is 0. The molecule has 1 saturated carbocycles. The number of nitrogens with two attached hydrogens (primary N) is 1. The third-order valence-electron chi connectivity index (χ3n) is 3.96. The molecule has 0 amide bonds. The highest BCUT2D eigenvalue weighted by molar-refractivity contribution is 9.10. The maximum absolute atomic E-state index is 6.17. The number of hydrogen-bond donors (Lipinski definition) is 1. The summed E-state index contributed by atoms with van der Waals surface area (Å²) in [6.07, 6.45) is 5.56. The zero-order valence-corrected chi connectivity index (χ0v) is 14.1. The van der Waals surface area contributed by atoms with Crippen molar-refractivity contribution in [3.8, 4) is 11.4 Å². The van der Waals surface area contributed by atoms with Crippen molar-refractivity contribution in [2.75, 3.05) is 0 Å². The van der Waals surface area contributed by atoms with E-state index in [0.29, 0.717) is 17.6 Å². The molecule has 1 aromatic heterocycles. The van der Waals surface area contributed by atoms with E-state index in [0.717, 1.165) is 29.3 Å². The standard InChI is InChI=1S/C15H18BrN3O.ClH/c16-12-6-3-5-11(8-12)15-18-14(20-19-15)9-10-4-1-2-7-13(10)17;/h3,5-6,8,10,13H,1-2,4,7,9,17H2;1H. The molecule has 1 aliphatic rings. The maximum Gasteiger partial charge on any atom is 0.227 e. The van der Waals surface area contributed by atoms with Crippen molar-refractivity contribution in [2.45, 2.75) is 38.1 Å². The zero-order chi connectivity index (χ0) is 13.9. The van der Waals surface area contributed by atoms with Crippen LogP contribution < -0.4 is 5.73 Å². The highest BCUT2D eigenvalue weighted by Crippen LogP contribution is 2.27. The van der Waals surface area contributed by atoms with E-state index in [-0.39, 0.29) is 18.4 Å². The molecule has 21 heavy (non-hydrogen) atoms. The van der Waals surface area contributed by atoms with Gasteiger partial charge in [-0.25, -0.2) is 0 Å². The fourth-order valence-corrected chi connectivity index (χ4v) is 3.20. The highest BCUT2D eigenvalue weighted by atomic mass is 79.9. The Labute approximate surface area is 139 Å². The second-order valence-electron chi connectivity index (χ2n) is 5.43. The van der Waals surface area contributed by atoms with Gasteiger partial charge >= 0.3 is 0 Å². The van der Waals surface area contributed by atoms with Crippen LogP contribution in [-0.4, -0.2) is 16.2 Å². The molecule has 2 unspecified atom stereocenters. The first-order valence-electron chi connectivity index (χ1n) is 7.06. The molecule has 0 bridgehead atoms. The predicted octanol–water partition coefficient (Wildman–Crippen LogP) is 3.98. The first-order valence-corrected chi connectivity index (χ1v) is 7.86. The first-order chi connectivity index (χ1) is 9.72. The first kappa shape index (κ1) is 16.5. The van der Waals surface area contributed by atoms with Crippen LogP contribution in [0.2, 0.25) is 0 Å². The number of nitrogens with zero attached hydrogens (tertiary/aromatic N) is 2. The van der Waals surface area contributed by atoms with Crippen LogP contribution in [0.25, 0.3) is 11.4 Å². The molecule has 3 rings (SSSR count). The molecule has 0 aliphatic heterocycles. The summed E-state index contributed by atoms with van der Waals surface area (Å²) in [6, 6.07) is 8.18. The lowest BCUT2D eigenvalue weighted by Crippen LogP contribution is -2.34. The van der Waals surface area contributed by atoms with Crippen molar-refractivity contribution < 1.29 is 4.52 Å². The second kappa shape index (κ2) is 7.38. The Kier molecular flexibility index (Phi) is 5.79. The van der Waals surface area contributed by atoms with E-state index in [1.165, 1.54) is 12.8 Å². The van der Waals surface area contributed by atoms with E-state index in [9.17, 15) is 0 Å². The smallest absolute Gasteiger partial charge is 0.227 e. The molecular formula is C15H19BrClN3O. The van der Waals surface area contributed by atoms with Gasteiger partial charge in [0.2, 0.25) is 11.7 Å². The molecule has 0 radical (unpaired) electrons. The van der Waals surface area contributed by atoms with Crippen LogP contribution in [-0.2, 0) is 6.42 Å². The van der Waals surface area contributed by atoms with Crippen molar-refractivity contribution in [3.05, 3.63) is 34.6 Å². The number of hydrogen-bond acceptors (Lipinski definition) is 4. The van der Waals surface area contributed by atoms with Crippen LogP contribution in [0.5, 0.6) is 0 Å². The van der Waals surface area contributed by atoms with E-state index in [1.54, 1.807) is 0 Å². The van der Waals surface area contributed by atoms with Crippen molar-refractivity contribution in [1.82, 2.24) is 10.1 Å². The van der Waals surface area contributed by atoms with Crippen LogP contribution in [0.4, 0.5) is 0 Å². The lowest BCUT2D eigenvalue weighted by molar-refractivity contribution is 0.273. The summed E-state index contributed by atoms with van der Waals surface area (Å²) >= 11 is 3.45. The van der Waals surface area contributed by atoms with E-state index < -0.39 is 0 Å².